The second kappa shape index (κ2) is 6.02. The average Bonchev–Trinajstić information content (AvgIpc) is 2.28. The molecule has 2 saturated carbocycles. The summed E-state index contributed by atoms with van der Waals surface area (Å²) in [5.74, 6) is 8.55. The number of hydrazine groups is 1. The molecule has 2 nitrogen and oxygen atoms in total. The van der Waals surface area contributed by atoms with Gasteiger partial charge in [0.15, 0.2) is 0 Å². The summed E-state index contributed by atoms with van der Waals surface area (Å²) in [6, 6.07) is 0.593. The van der Waals surface area contributed by atoms with E-state index in [9.17, 15) is 0 Å². The normalized spacial score (nSPS) is 33.4. The van der Waals surface area contributed by atoms with Gasteiger partial charge in [0.1, 0.15) is 0 Å². The number of rotatable bonds is 5. The highest BCUT2D eigenvalue weighted by atomic mass is 15.2. The van der Waals surface area contributed by atoms with Gasteiger partial charge in [0.05, 0.1) is 0 Å². The first-order valence-electron chi connectivity index (χ1n) is 7.31. The molecule has 2 heteroatoms. The standard InChI is InChI=1S/C14H28N2/c1-2-12-8-3-4-9-13(12)14(16-15)10-11-6-5-7-11/h11-14,16H,2-10,15H2,1H3. The van der Waals surface area contributed by atoms with Crippen molar-refractivity contribution in [2.75, 3.05) is 0 Å². The largest absolute Gasteiger partial charge is 0.271 e. The van der Waals surface area contributed by atoms with Crippen molar-refractivity contribution >= 4 is 0 Å². The van der Waals surface area contributed by atoms with Gasteiger partial charge in [0.2, 0.25) is 0 Å². The molecule has 0 aromatic carbocycles. The van der Waals surface area contributed by atoms with Gasteiger partial charge in [0, 0.05) is 6.04 Å². The molecule has 0 radical (unpaired) electrons. The number of nitrogens with two attached hydrogens (primary N) is 1. The van der Waals surface area contributed by atoms with Crippen molar-refractivity contribution in [3.8, 4) is 0 Å². The van der Waals surface area contributed by atoms with Gasteiger partial charge in [-0.05, 0) is 30.6 Å². The van der Waals surface area contributed by atoms with Gasteiger partial charge >= 0.3 is 0 Å². The summed E-state index contributed by atoms with van der Waals surface area (Å²) in [6.45, 7) is 2.35. The third-order valence-electron chi connectivity index (χ3n) is 5.04. The lowest BCUT2D eigenvalue weighted by Crippen LogP contribution is -2.46. The number of hydrogen-bond acceptors (Lipinski definition) is 2. The Labute approximate surface area is 100 Å². The second-order valence-electron chi connectivity index (χ2n) is 5.92. The summed E-state index contributed by atoms with van der Waals surface area (Å²) in [5, 5.41) is 0. The molecular formula is C14H28N2. The highest BCUT2D eigenvalue weighted by Gasteiger charge is 2.32. The van der Waals surface area contributed by atoms with Crippen LogP contribution < -0.4 is 11.3 Å². The zero-order valence-corrected chi connectivity index (χ0v) is 10.8. The van der Waals surface area contributed by atoms with Gasteiger partial charge in [-0.15, -0.1) is 0 Å². The lowest BCUT2D eigenvalue weighted by Gasteiger charge is -2.39. The first-order chi connectivity index (χ1) is 7.85. The van der Waals surface area contributed by atoms with E-state index in [1.54, 1.807) is 0 Å². The summed E-state index contributed by atoms with van der Waals surface area (Å²) < 4.78 is 0. The average molecular weight is 224 g/mol. The summed E-state index contributed by atoms with van der Waals surface area (Å²) in [4.78, 5) is 0. The van der Waals surface area contributed by atoms with Crippen molar-refractivity contribution in [1.29, 1.82) is 0 Å². The zero-order valence-electron chi connectivity index (χ0n) is 10.8. The van der Waals surface area contributed by atoms with Crippen molar-refractivity contribution < 1.29 is 0 Å². The third kappa shape index (κ3) is 2.78. The van der Waals surface area contributed by atoms with Crippen LogP contribution >= 0.6 is 0 Å². The molecule has 0 aromatic heterocycles. The van der Waals surface area contributed by atoms with Crippen LogP contribution in [0.25, 0.3) is 0 Å². The molecule has 0 aromatic rings. The molecule has 0 saturated heterocycles. The van der Waals surface area contributed by atoms with Crippen LogP contribution in [0.3, 0.4) is 0 Å². The fraction of sp³-hybridized carbons (Fsp3) is 1.00. The van der Waals surface area contributed by atoms with Crippen LogP contribution in [-0.4, -0.2) is 6.04 Å². The molecule has 3 atom stereocenters. The van der Waals surface area contributed by atoms with E-state index in [0.717, 1.165) is 17.8 Å². The van der Waals surface area contributed by atoms with Gasteiger partial charge in [-0.25, -0.2) is 0 Å². The maximum atomic E-state index is 5.80. The highest BCUT2D eigenvalue weighted by Crippen LogP contribution is 2.39. The Kier molecular flexibility index (Phi) is 4.66. The lowest BCUT2D eigenvalue weighted by atomic mass is 9.70. The molecular weight excluding hydrogens is 196 g/mol. The van der Waals surface area contributed by atoms with E-state index in [4.69, 9.17) is 5.84 Å². The minimum atomic E-state index is 0.593. The summed E-state index contributed by atoms with van der Waals surface area (Å²) in [7, 11) is 0. The summed E-state index contributed by atoms with van der Waals surface area (Å²) in [6.07, 6.45) is 12.7. The van der Waals surface area contributed by atoms with Crippen LogP contribution in [0.5, 0.6) is 0 Å². The Bertz CT molecular complexity index is 201. The van der Waals surface area contributed by atoms with Crippen molar-refractivity contribution in [2.45, 2.75) is 70.8 Å². The molecule has 2 aliphatic rings. The smallest absolute Gasteiger partial charge is 0.0244 e. The van der Waals surface area contributed by atoms with Crippen molar-refractivity contribution in [1.82, 2.24) is 5.43 Å². The van der Waals surface area contributed by atoms with Gasteiger partial charge in [-0.3, -0.25) is 11.3 Å². The van der Waals surface area contributed by atoms with E-state index < -0.39 is 0 Å². The maximum Gasteiger partial charge on any atom is 0.0244 e. The Hall–Kier alpha value is -0.0800. The van der Waals surface area contributed by atoms with E-state index in [-0.39, 0.29) is 0 Å². The van der Waals surface area contributed by atoms with E-state index >= 15 is 0 Å². The van der Waals surface area contributed by atoms with Gasteiger partial charge in [0.25, 0.3) is 0 Å². The quantitative estimate of drug-likeness (QED) is 0.556. The van der Waals surface area contributed by atoms with Crippen LogP contribution in [0.4, 0.5) is 0 Å². The van der Waals surface area contributed by atoms with E-state index in [1.807, 2.05) is 0 Å². The Morgan fingerprint density at radius 2 is 1.88 bits per heavy atom. The Morgan fingerprint density at radius 3 is 2.44 bits per heavy atom. The third-order valence-corrected chi connectivity index (χ3v) is 5.04. The molecule has 2 aliphatic carbocycles. The van der Waals surface area contributed by atoms with Crippen molar-refractivity contribution in [3.05, 3.63) is 0 Å². The van der Waals surface area contributed by atoms with Crippen LogP contribution in [0.15, 0.2) is 0 Å². The van der Waals surface area contributed by atoms with Crippen LogP contribution in [0.1, 0.15) is 64.7 Å². The van der Waals surface area contributed by atoms with Gasteiger partial charge in [-0.1, -0.05) is 51.9 Å². The van der Waals surface area contributed by atoms with Crippen LogP contribution in [0.2, 0.25) is 0 Å². The topological polar surface area (TPSA) is 38.0 Å². The first-order valence-corrected chi connectivity index (χ1v) is 7.31. The number of hydrogen-bond donors (Lipinski definition) is 2. The van der Waals surface area contributed by atoms with Gasteiger partial charge in [-0.2, -0.15) is 0 Å². The van der Waals surface area contributed by atoms with E-state index in [1.165, 1.54) is 57.8 Å². The second-order valence-corrected chi connectivity index (χ2v) is 5.92. The van der Waals surface area contributed by atoms with Crippen LogP contribution in [0, 0.1) is 17.8 Å². The number of nitrogens with one attached hydrogen (secondary N) is 1. The lowest BCUT2D eigenvalue weighted by molar-refractivity contribution is 0.139. The van der Waals surface area contributed by atoms with Crippen LogP contribution in [-0.2, 0) is 0 Å². The molecule has 0 spiro atoms. The molecule has 16 heavy (non-hydrogen) atoms. The monoisotopic (exact) mass is 224 g/mol. The first kappa shape index (κ1) is 12.4. The van der Waals surface area contributed by atoms with Crippen molar-refractivity contribution in [2.24, 2.45) is 23.6 Å². The SMILES string of the molecule is CCC1CCCCC1C(CC1CCC1)NN. The summed E-state index contributed by atoms with van der Waals surface area (Å²) >= 11 is 0. The van der Waals surface area contributed by atoms with Gasteiger partial charge < -0.3 is 0 Å². The fourth-order valence-electron chi connectivity index (χ4n) is 3.73. The molecule has 3 unspecified atom stereocenters. The molecule has 2 fully saturated rings. The highest BCUT2D eigenvalue weighted by molar-refractivity contribution is 4.86. The minimum absolute atomic E-state index is 0.593. The van der Waals surface area contributed by atoms with Crippen molar-refractivity contribution in [3.63, 3.8) is 0 Å². The maximum absolute atomic E-state index is 5.80. The Balaban J connectivity index is 1.88. The molecule has 94 valence electrons. The molecule has 2 rings (SSSR count). The predicted molar refractivity (Wildman–Crippen MR) is 68.8 cm³/mol. The molecule has 0 heterocycles. The van der Waals surface area contributed by atoms with E-state index in [0.29, 0.717) is 6.04 Å². The minimum Gasteiger partial charge on any atom is -0.271 e. The zero-order chi connectivity index (χ0) is 11.4. The molecule has 3 N–H and O–H groups in total. The molecule has 0 aliphatic heterocycles. The van der Waals surface area contributed by atoms with E-state index in [2.05, 4.69) is 12.3 Å². The molecule has 0 amide bonds. The molecule has 0 bridgehead atoms. The fourth-order valence-corrected chi connectivity index (χ4v) is 3.73. The Morgan fingerprint density at radius 1 is 1.12 bits per heavy atom. The summed E-state index contributed by atoms with van der Waals surface area (Å²) in [5.41, 5.74) is 3.14. The predicted octanol–water partition coefficient (Wildman–Crippen LogP) is 3.22.